The van der Waals surface area contributed by atoms with E-state index in [-0.39, 0.29) is 17.9 Å². The van der Waals surface area contributed by atoms with Gasteiger partial charge in [0, 0.05) is 12.6 Å². The number of amides is 2. The SMILES string of the molecule is Cc1cc(N2C[C@]34C=CC(O3)C(C(=O)NCCCc3ccccc3)C4C2=O)no1. The van der Waals surface area contributed by atoms with E-state index in [0.29, 0.717) is 24.7 Å². The molecule has 1 N–H and O–H groups in total. The van der Waals surface area contributed by atoms with Gasteiger partial charge in [0.25, 0.3) is 0 Å². The largest absolute Gasteiger partial charge is 0.360 e. The van der Waals surface area contributed by atoms with Crippen molar-refractivity contribution < 1.29 is 18.8 Å². The predicted molar refractivity (Wildman–Crippen MR) is 105 cm³/mol. The summed E-state index contributed by atoms with van der Waals surface area (Å²) in [4.78, 5) is 27.7. The number of carbonyl (C=O) groups is 2. The molecule has 3 unspecified atom stereocenters. The number of hydrogen-bond donors (Lipinski definition) is 1. The van der Waals surface area contributed by atoms with Crippen LogP contribution in [0.15, 0.2) is 53.1 Å². The van der Waals surface area contributed by atoms with Gasteiger partial charge in [-0.25, -0.2) is 0 Å². The molecule has 150 valence electrons. The monoisotopic (exact) mass is 393 g/mol. The quantitative estimate of drug-likeness (QED) is 0.600. The lowest BCUT2D eigenvalue weighted by molar-refractivity contribution is -0.131. The van der Waals surface area contributed by atoms with E-state index < -0.39 is 17.4 Å². The van der Waals surface area contributed by atoms with Gasteiger partial charge in [-0.15, -0.1) is 0 Å². The fourth-order valence-electron chi connectivity index (χ4n) is 4.74. The van der Waals surface area contributed by atoms with Crippen LogP contribution in [-0.2, 0) is 20.7 Å². The Labute approximate surface area is 168 Å². The number of aryl methyl sites for hydroxylation is 2. The van der Waals surface area contributed by atoms with Crippen LogP contribution >= 0.6 is 0 Å². The van der Waals surface area contributed by atoms with Crippen LogP contribution in [0.3, 0.4) is 0 Å². The average Bonchev–Trinajstić information content (AvgIpc) is 3.47. The predicted octanol–water partition coefficient (Wildman–Crippen LogP) is 2.02. The molecule has 4 heterocycles. The lowest BCUT2D eigenvalue weighted by Gasteiger charge is -2.23. The van der Waals surface area contributed by atoms with E-state index >= 15 is 0 Å². The third-order valence-corrected chi connectivity index (χ3v) is 6.08. The highest BCUT2D eigenvalue weighted by atomic mass is 16.5. The Morgan fingerprint density at radius 1 is 1.34 bits per heavy atom. The molecule has 1 spiro atoms. The highest BCUT2D eigenvalue weighted by molar-refractivity contribution is 6.02. The van der Waals surface area contributed by atoms with Gasteiger partial charge in [-0.1, -0.05) is 47.6 Å². The third kappa shape index (κ3) is 2.97. The smallest absolute Gasteiger partial charge is 0.235 e. The number of benzene rings is 1. The van der Waals surface area contributed by atoms with Gasteiger partial charge in [-0.2, -0.15) is 0 Å². The van der Waals surface area contributed by atoms with Crippen LogP contribution in [0, 0.1) is 18.8 Å². The van der Waals surface area contributed by atoms with Crippen molar-refractivity contribution in [2.75, 3.05) is 18.0 Å². The number of ether oxygens (including phenoxy) is 1. The number of hydrogen-bond acceptors (Lipinski definition) is 5. The molecule has 3 aliphatic heterocycles. The fourth-order valence-corrected chi connectivity index (χ4v) is 4.74. The standard InChI is InChI=1S/C22H23N3O4/c1-14-12-17(24-29-14)25-13-22-10-9-16(28-22)18(19(22)21(25)27)20(26)23-11-5-8-15-6-3-2-4-7-15/h2-4,6-7,9-10,12,16,18-19H,5,8,11,13H2,1H3,(H,23,26)/t16?,18?,19?,22-/m0/s1. The van der Waals surface area contributed by atoms with E-state index in [4.69, 9.17) is 9.26 Å². The van der Waals surface area contributed by atoms with Crippen molar-refractivity contribution in [2.24, 2.45) is 11.8 Å². The summed E-state index contributed by atoms with van der Waals surface area (Å²) < 4.78 is 11.2. The summed E-state index contributed by atoms with van der Waals surface area (Å²) in [5.74, 6) is -0.180. The zero-order valence-corrected chi connectivity index (χ0v) is 16.2. The highest BCUT2D eigenvalue weighted by Gasteiger charge is 2.67. The number of nitrogens with zero attached hydrogens (tertiary/aromatic N) is 2. The molecule has 7 nitrogen and oxygen atoms in total. The summed E-state index contributed by atoms with van der Waals surface area (Å²) in [7, 11) is 0. The molecule has 2 bridgehead atoms. The number of nitrogens with one attached hydrogen (secondary N) is 1. The second kappa shape index (κ2) is 6.84. The van der Waals surface area contributed by atoms with Gasteiger partial charge < -0.3 is 14.6 Å². The van der Waals surface area contributed by atoms with Crippen molar-refractivity contribution in [2.45, 2.75) is 31.5 Å². The van der Waals surface area contributed by atoms with Crippen molar-refractivity contribution in [1.29, 1.82) is 0 Å². The maximum atomic E-state index is 13.2. The molecule has 7 heteroatoms. The maximum Gasteiger partial charge on any atom is 0.235 e. The molecule has 1 aromatic carbocycles. The highest BCUT2D eigenvalue weighted by Crippen LogP contribution is 2.52. The first-order chi connectivity index (χ1) is 14.1. The lowest BCUT2D eigenvalue weighted by Crippen LogP contribution is -2.44. The van der Waals surface area contributed by atoms with Gasteiger partial charge in [-0.05, 0) is 25.3 Å². The van der Waals surface area contributed by atoms with Gasteiger partial charge in [0.1, 0.15) is 11.4 Å². The summed E-state index contributed by atoms with van der Waals surface area (Å²) in [5, 5.41) is 6.97. The van der Waals surface area contributed by atoms with Crippen molar-refractivity contribution in [3.05, 3.63) is 59.9 Å². The van der Waals surface area contributed by atoms with Crippen LogP contribution in [0.5, 0.6) is 0 Å². The molecular weight excluding hydrogens is 370 g/mol. The van der Waals surface area contributed by atoms with Crippen LogP contribution in [0.2, 0.25) is 0 Å². The number of aromatic nitrogens is 1. The molecule has 4 atom stereocenters. The third-order valence-electron chi connectivity index (χ3n) is 6.08. The van der Waals surface area contributed by atoms with Gasteiger partial charge in [0.15, 0.2) is 5.82 Å². The van der Waals surface area contributed by atoms with E-state index in [9.17, 15) is 9.59 Å². The first kappa shape index (κ1) is 18.1. The molecule has 2 amide bonds. The van der Waals surface area contributed by atoms with Gasteiger partial charge in [0.2, 0.25) is 11.8 Å². The molecule has 5 rings (SSSR count). The summed E-state index contributed by atoms with van der Waals surface area (Å²) >= 11 is 0. The Balaban J connectivity index is 1.26. The molecule has 29 heavy (non-hydrogen) atoms. The summed E-state index contributed by atoms with van der Waals surface area (Å²) in [6.45, 7) is 2.71. The Kier molecular flexibility index (Phi) is 4.28. The fraction of sp³-hybridized carbons (Fsp3) is 0.409. The number of carbonyl (C=O) groups excluding carboxylic acids is 2. The minimum Gasteiger partial charge on any atom is -0.360 e. The second-order valence-corrected chi connectivity index (χ2v) is 8.00. The van der Waals surface area contributed by atoms with Crippen LogP contribution in [-0.4, -0.2) is 41.8 Å². The molecule has 0 aliphatic carbocycles. The van der Waals surface area contributed by atoms with Crippen molar-refractivity contribution in [3.63, 3.8) is 0 Å². The first-order valence-corrected chi connectivity index (χ1v) is 10.0. The van der Waals surface area contributed by atoms with Crippen molar-refractivity contribution >= 4 is 17.6 Å². The summed E-state index contributed by atoms with van der Waals surface area (Å²) in [6.07, 6.45) is 5.25. The molecule has 3 aliphatic rings. The van der Waals surface area contributed by atoms with E-state index in [1.807, 2.05) is 30.4 Å². The van der Waals surface area contributed by atoms with Gasteiger partial charge in [-0.3, -0.25) is 14.5 Å². The molecule has 0 radical (unpaired) electrons. The molecular formula is C22H23N3O4. The maximum absolute atomic E-state index is 13.2. The summed E-state index contributed by atoms with van der Waals surface area (Å²) in [6, 6.07) is 11.9. The zero-order valence-electron chi connectivity index (χ0n) is 16.2. The Morgan fingerprint density at radius 2 is 2.17 bits per heavy atom. The zero-order chi connectivity index (χ0) is 20.0. The van der Waals surface area contributed by atoms with E-state index in [1.54, 1.807) is 17.9 Å². The molecule has 2 aromatic rings. The number of rotatable bonds is 6. The average molecular weight is 393 g/mol. The van der Waals surface area contributed by atoms with E-state index in [0.717, 1.165) is 12.8 Å². The molecule has 2 saturated heterocycles. The van der Waals surface area contributed by atoms with Crippen molar-refractivity contribution in [1.82, 2.24) is 10.5 Å². The minimum atomic E-state index is -0.749. The Bertz CT molecular complexity index is 969. The van der Waals surface area contributed by atoms with Crippen LogP contribution in [0.4, 0.5) is 5.82 Å². The molecule has 1 aromatic heterocycles. The number of fused-ring (bicyclic) bond motifs is 1. The molecule has 2 fully saturated rings. The van der Waals surface area contributed by atoms with Gasteiger partial charge in [0.05, 0.1) is 24.5 Å². The van der Waals surface area contributed by atoms with E-state index in [2.05, 4.69) is 22.6 Å². The lowest BCUT2D eigenvalue weighted by atomic mass is 9.77. The van der Waals surface area contributed by atoms with E-state index in [1.165, 1.54) is 5.56 Å². The Hall–Kier alpha value is -2.93. The topological polar surface area (TPSA) is 84.7 Å². The van der Waals surface area contributed by atoms with Gasteiger partial charge >= 0.3 is 0 Å². The minimum absolute atomic E-state index is 0.120. The van der Waals surface area contributed by atoms with Crippen LogP contribution in [0.1, 0.15) is 17.7 Å². The molecule has 0 saturated carbocycles. The van der Waals surface area contributed by atoms with Crippen LogP contribution in [0.25, 0.3) is 0 Å². The number of anilines is 1. The summed E-state index contributed by atoms with van der Waals surface area (Å²) in [5.41, 5.74) is 0.497. The Morgan fingerprint density at radius 3 is 2.93 bits per heavy atom. The van der Waals surface area contributed by atoms with Crippen LogP contribution < -0.4 is 10.2 Å². The second-order valence-electron chi connectivity index (χ2n) is 8.00. The first-order valence-electron chi connectivity index (χ1n) is 10.0. The normalized spacial score (nSPS) is 29.5. The van der Waals surface area contributed by atoms with Crippen molar-refractivity contribution in [3.8, 4) is 0 Å².